The van der Waals surface area contributed by atoms with Crippen LogP contribution in [0.25, 0.3) is 0 Å². The molecule has 0 saturated heterocycles. The number of nitrogens with one attached hydrogen (secondary N) is 2. The molecule has 0 atom stereocenters. The largest absolute Gasteiger partial charge is 0.399 e. The number of nitrogen functional groups attached to an aromatic ring is 1. The monoisotopic (exact) mass is 247 g/mol. The van der Waals surface area contributed by atoms with Crippen molar-refractivity contribution in [3.05, 3.63) is 35.9 Å². The molecule has 0 fully saturated rings. The van der Waals surface area contributed by atoms with Gasteiger partial charge in [-0.05, 0) is 38.5 Å². The van der Waals surface area contributed by atoms with Crippen LogP contribution in [0.15, 0.2) is 30.4 Å². The van der Waals surface area contributed by atoms with E-state index in [-0.39, 0.29) is 5.91 Å². The number of anilines is 2. The summed E-state index contributed by atoms with van der Waals surface area (Å²) in [4.78, 5) is 11.9. The first-order valence-electron chi connectivity index (χ1n) is 6.21. The van der Waals surface area contributed by atoms with E-state index in [2.05, 4.69) is 16.7 Å². The van der Waals surface area contributed by atoms with Gasteiger partial charge in [-0.3, -0.25) is 4.79 Å². The molecule has 1 aromatic carbocycles. The van der Waals surface area contributed by atoms with E-state index in [1.165, 1.54) is 0 Å². The molecule has 0 aliphatic rings. The van der Waals surface area contributed by atoms with Crippen molar-refractivity contribution in [1.29, 1.82) is 0 Å². The highest BCUT2D eigenvalue weighted by molar-refractivity contribution is 6.00. The SMILES string of the molecule is C/C=C/CCNc1cc(N)ccc1C(=O)NCC. The highest BCUT2D eigenvalue weighted by Crippen LogP contribution is 2.19. The third-order valence-electron chi connectivity index (χ3n) is 2.49. The summed E-state index contributed by atoms with van der Waals surface area (Å²) in [7, 11) is 0. The molecule has 0 aromatic heterocycles. The lowest BCUT2D eigenvalue weighted by atomic mass is 10.1. The number of benzene rings is 1. The lowest BCUT2D eigenvalue weighted by molar-refractivity contribution is 0.0956. The molecule has 4 nitrogen and oxygen atoms in total. The van der Waals surface area contributed by atoms with Crippen LogP contribution in [0.1, 0.15) is 30.6 Å². The Bertz CT molecular complexity index is 427. The molecule has 0 radical (unpaired) electrons. The molecule has 0 aliphatic heterocycles. The average molecular weight is 247 g/mol. The quantitative estimate of drug-likeness (QED) is 0.411. The van der Waals surface area contributed by atoms with E-state index in [0.29, 0.717) is 17.8 Å². The second-order valence-corrected chi connectivity index (χ2v) is 3.95. The van der Waals surface area contributed by atoms with Crippen LogP contribution in [0.4, 0.5) is 11.4 Å². The van der Waals surface area contributed by atoms with Crippen LogP contribution >= 0.6 is 0 Å². The fraction of sp³-hybridized carbons (Fsp3) is 0.357. The number of hydrogen-bond acceptors (Lipinski definition) is 3. The van der Waals surface area contributed by atoms with Gasteiger partial charge in [-0.25, -0.2) is 0 Å². The fourth-order valence-corrected chi connectivity index (χ4v) is 1.62. The molecule has 98 valence electrons. The maximum absolute atomic E-state index is 11.9. The van der Waals surface area contributed by atoms with Crippen LogP contribution < -0.4 is 16.4 Å². The normalized spacial score (nSPS) is 10.6. The molecule has 1 rings (SSSR count). The van der Waals surface area contributed by atoms with E-state index in [0.717, 1.165) is 18.7 Å². The Morgan fingerprint density at radius 3 is 2.89 bits per heavy atom. The minimum absolute atomic E-state index is 0.0777. The van der Waals surface area contributed by atoms with Crippen molar-refractivity contribution < 1.29 is 4.79 Å². The van der Waals surface area contributed by atoms with Crippen LogP contribution in [0.2, 0.25) is 0 Å². The Morgan fingerprint density at radius 2 is 2.22 bits per heavy atom. The van der Waals surface area contributed by atoms with Gasteiger partial charge in [0.05, 0.1) is 5.56 Å². The lowest BCUT2D eigenvalue weighted by Crippen LogP contribution is -2.24. The zero-order valence-electron chi connectivity index (χ0n) is 11.0. The Balaban J connectivity index is 2.79. The van der Waals surface area contributed by atoms with Gasteiger partial charge in [-0.2, -0.15) is 0 Å². The third kappa shape index (κ3) is 4.13. The average Bonchev–Trinajstić information content (AvgIpc) is 2.35. The van der Waals surface area contributed by atoms with Crippen molar-refractivity contribution in [2.45, 2.75) is 20.3 Å². The topological polar surface area (TPSA) is 67.1 Å². The molecule has 18 heavy (non-hydrogen) atoms. The minimum atomic E-state index is -0.0777. The van der Waals surface area contributed by atoms with Crippen LogP contribution in [-0.4, -0.2) is 19.0 Å². The Hall–Kier alpha value is -1.97. The van der Waals surface area contributed by atoms with Gasteiger partial charge >= 0.3 is 0 Å². The molecule has 0 heterocycles. The molecule has 0 spiro atoms. The second kappa shape index (κ2) is 7.37. The maximum Gasteiger partial charge on any atom is 0.253 e. The van der Waals surface area contributed by atoms with E-state index in [1.54, 1.807) is 18.2 Å². The van der Waals surface area contributed by atoms with Gasteiger partial charge in [0, 0.05) is 24.5 Å². The Kier molecular flexibility index (Phi) is 5.77. The van der Waals surface area contributed by atoms with Crippen LogP contribution in [0.5, 0.6) is 0 Å². The number of amides is 1. The minimum Gasteiger partial charge on any atom is -0.399 e. The van der Waals surface area contributed by atoms with E-state index in [1.807, 2.05) is 19.9 Å². The van der Waals surface area contributed by atoms with Gasteiger partial charge in [0.2, 0.25) is 0 Å². The van der Waals surface area contributed by atoms with Crippen molar-refractivity contribution in [3.8, 4) is 0 Å². The van der Waals surface area contributed by atoms with Gasteiger partial charge in [-0.15, -0.1) is 0 Å². The first kappa shape index (κ1) is 14.1. The first-order valence-corrected chi connectivity index (χ1v) is 6.21. The molecule has 0 unspecified atom stereocenters. The summed E-state index contributed by atoms with van der Waals surface area (Å²) in [5.41, 5.74) is 7.81. The third-order valence-corrected chi connectivity index (χ3v) is 2.49. The van der Waals surface area contributed by atoms with E-state index in [4.69, 9.17) is 5.73 Å². The number of carbonyl (C=O) groups is 1. The van der Waals surface area contributed by atoms with Crippen LogP contribution in [0.3, 0.4) is 0 Å². The number of rotatable bonds is 6. The number of carbonyl (C=O) groups excluding carboxylic acids is 1. The highest BCUT2D eigenvalue weighted by Gasteiger charge is 2.10. The van der Waals surface area contributed by atoms with Crippen molar-refractivity contribution in [2.75, 3.05) is 24.1 Å². The summed E-state index contributed by atoms with van der Waals surface area (Å²) in [6.07, 6.45) is 5.00. The molecule has 1 aromatic rings. The predicted octanol–water partition coefficient (Wildman–Crippen LogP) is 2.40. The molecule has 0 saturated carbocycles. The second-order valence-electron chi connectivity index (χ2n) is 3.95. The number of hydrogen-bond donors (Lipinski definition) is 3. The fourth-order valence-electron chi connectivity index (χ4n) is 1.62. The smallest absolute Gasteiger partial charge is 0.253 e. The highest BCUT2D eigenvalue weighted by atomic mass is 16.1. The Labute approximate surface area is 108 Å². The molecule has 0 bridgehead atoms. The van der Waals surface area contributed by atoms with Crippen molar-refractivity contribution in [1.82, 2.24) is 5.32 Å². The van der Waals surface area contributed by atoms with Gasteiger partial charge in [0.25, 0.3) is 5.91 Å². The molecule has 0 aliphatic carbocycles. The van der Waals surface area contributed by atoms with Gasteiger partial charge in [0.1, 0.15) is 0 Å². The molecule has 4 heteroatoms. The summed E-state index contributed by atoms with van der Waals surface area (Å²) >= 11 is 0. The summed E-state index contributed by atoms with van der Waals surface area (Å²) in [6.45, 7) is 5.27. The van der Waals surface area contributed by atoms with Crippen LogP contribution in [0, 0.1) is 0 Å². The summed E-state index contributed by atoms with van der Waals surface area (Å²) in [5, 5.41) is 6.03. The first-order chi connectivity index (χ1) is 8.69. The van der Waals surface area contributed by atoms with Gasteiger partial charge in [0.15, 0.2) is 0 Å². The number of nitrogens with two attached hydrogens (primary N) is 1. The molecule has 4 N–H and O–H groups in total. The van der Waals surface area contributed by atoms with E-state index < -0.39 is 0 Å². The Morgan fingerprint density at radius 1 is 1.44 bits per heavy atom. The van der Waals surface area contributed by atoms with Crippen molar-refractivity contribution in [2.24, 2.45) is 0 Å². The number of allylic oxidation sites excluding steroid dienone is 1. The molecule has 1 amide bonds. The zero-order chi connectivity index (χ0) is 13.4. The van der Waals surface area contributed by atoms with E-state index in [9.17, 15) is 4.79 Å². The summed E-state index contributed by atoms with van der Waals surface area (Å²) in [5.74, 6) is -0.0777. The van der Waals surface area contributed by atoms with Gasteiger partial charge < -0.3 is 16.4 Å². The zero-order valence-corrected chi connectivity index (χ0v) is 11.0. The maximum atomic E-state index is 11.9. The van der Waals surface area contributed by atoms with Gasteiger partial charge in [-0.1, -0.05) is 12.2 Å². The van der Waals surface area contributed by atoms with Crippen molar-refractivity contribution in [3.63, 3.8) is 0 Å². The van der Waals surface area contributed by atoms with Crippen LogP contribution in [-0.2, 0) is 0 Å². The summed E-state index contributed by atoms with van der Waals surface area (Å²) in [6, 6.07) is 5.28. The molecular weight excluding hydrogens is 226 g/mol. The summed E-state index contributed by atoms with van der Waals surface area (Å²) < 4.78 is 0. The molecular formula is C14H21N3O. The van der Waals surface area contributed by atoms with E-state index >= 15 is 0 Å². The standard InChI is InChI=1S/C14H21N3O/c1-3-5-6-9-17-13-10-11(15)7-8-12(13)14(18)16-4-2/h3,5,7-8,10,17H,4,6,9,15H2,1-2H3,(H,16,18)/b5-3+. The predicted molar refractivity (Wildman–Crippen MR) is 76.8 cm³/mol. The van der Waals surface area contributed by atoms with Crippen molar-refractivity contribution >= 4 is 17.3 Å². The lowest BCUT2D eigenvalue weighted by Gasteiger charge is -2.12.